The summed E-state index contributed by atoms with van der Waals surface area (Å²) >= 11 is 6.01. The summed E-state index contributed by atoms with van der Waals surface area (Å²) in [6.07, 6.45) is 4.63. The Kier molecular flexibility index (Phi) is 3.26. The average Bonchev–Trinajstić information content (AvgIpc) is 3.01. The van der Waals surface area contributed by atoms with Crippen molar-refractivity contribution in [2.75, 3.05) is 5.32 Å². The molecule has 1 aromatic rings. The van der Waals surface area contributed by atoms with Crippen molar-refractivity contribution in [2.45, 2.75) is 6.42 Å². The van der Waals surface area contributed by atoms with Gasteiger partial charge in [-0.1, -0.05) is 35.9 Å². The lowest BCUT2D eigenvalue weighted by atomic mass is 9.82. The van der Waals surface area contributed by atoms with Crippen molar-refractivity contribution >= 4 is 29.2 Å². The Morgan fingerprint density at radius 1 is 1.15 bits per heavy atom. The van der Waals surface area contributed by atoms with Crippen molar-refractivity contribution in [1.29, 1.82) is 0 Å². The van der Waals surface area contributed by atoms with Crippen LogP contribution >= 0.6 is 11.6 Å². The second-order valence-corrected chi connectivity index (χ2v) is 5.71. The van der Waals surface area contributed by atoms with E-state index in [1.165, 1.54) is 0 Å². The summed E-state index contributed by atoms with van der Waals surface area (Å²) in [4.78, 5) is 23.8. The normalized spacial score (nSPS) is 30.4. The number of carbonyl (C=O) groups is 2. The zero-order valence-electron chi connectivity index (χ0n) is 10.6. The van der Waals surface area contributed by atoms with Gasteiger partial charge in [0.2, 0.25) is 5.91 Å². The SMILES string of the molecule is O=C(O)[C@@H]1[C@H](C(=O)Nc2ccccc2Cl)[C@@H]2C=C[C@H]1C2. The van der Waals surface area contributed by atoms with Crippen LogP contribution in [0, 0.1) is 23.7 Å². The molecule has 0 aliphatic heterocycles. The van der Waals surface area contributed by atoms with Gasteiger partial charge in [-0.2, -0.15) is 0 Å². The zero-order valence-corrected chi connectivity index (χ0v) is 11.4. The minimum absolute atomic E-state index is 0.0172. The number of nitrogens with one attached hydrogen (secondary N) is 1. The van der Waals surface area contributed by atoms with E-state index in [0.717, 1.165) is 6.42 Å². The number of anilines is 1. The fourth-order valence-corrected chi connectivity index (χ4v) is 3.48. The summed E-state index contributed by atoms with van der Waals surface area (Å²) in [5, 5.41) is 12.5. The Morgan fingerprint density at radius 3 is 2.45 bits per heavy atom. The number of allylic oxidation sites excluding steroid dienone is 2. The second-order valence-electron chi connectivity index (χ2n) is 5.31. The fourth-order valence-electron chi connectivity index (χ4n) is 3.29. The Morgan fingerprint density at radius 2 is 1.80 bits per heavy atom. The molecule has 4 atom stereocenters. The number of hydrogen-bond acceptors (Lipinski definition) is 2. The minimum atomic E-state index is -0.902. The summed E-state index contributed by atoms with van der Waals surface area (Å²) in [6, 6.07) is 6.95. The molecule has 0 radical (unpaired) electrons. The van der Waals surface area contributed by atoms with E-state index in [4.69, 9.17) is 11.6 Å². The molecule has 0 saturated heterocycles. The largest absolute Gasteiger partial charge is 0.481 e. The first-order chi connectivity index (χ1) is 9.58. The van der Waals surface area contributed by atoms with Crippen LogP contribution in [0.15, 0.2) is 36.4 Å². The first-order valence-electron chi connectivity index (χ1n) is 6.54. The van der Waals surface area contributed by atoms with E-state index in [-0.39, 0.29) is 17.7 Å². The number of hydrogen-bond donors (Lipinski definition) is 2. The maximum Gasteiger partial charge on any atom is 0.307 e. The van der Waals surface area contributed by atoms with Crippen molar-refractivity contribution in [3.63, 3.8) is 0 Å². The Hall–Kier alpha value is -1.81. The van der Waals surface area contributed by atoms with Gasteiger partial charge >= 0.3 is 5.97 Å². The van der Waals surface area contributed by atoms with Crippen LogP contribution in [0.1, 0.15) is 6.42 Å². The lowest BCUT2D eigenvalue weighted by molar-refractivity contribution is -0.146. The van der Waals surface area contributed by atoms with Crippen LogP contribution < -0.4 is 5.32 Å². The number of rotatable bonds is 3. The van der Waals surface area contributed by atoms with Crippen LogP contribution in [-0.2, 0) is 9.59 Å². The number of halogens is 1. The quantitative estimate of drug-likeness (QED) is 0.842. The lowest BCUT2D eigenvalue weighted by Crippen LogP contribution is -2.36. The molecule has 5 heteroatoms. The summed E-state index contributed by atoms with van der Waals surface area (Å²) in [5.74, 6) is -2.32. The highest BCUT2D eigenvalue weighted by atomic mass is 35.5. The van der Waals surface area contributed by atoms with Gasteiger partial charge in [-0.3, -0.25) is 9.59 Å². The van der Waals surface area contributed by atoms with E-state index >= 15 is 0 Å². The van der Waals surface area contributed by atoms with E-state index in [0.29, 0.717) is 10.7 Å². The molecule has 4 nitrogen and oxygen atoms in total. The zero-order chi connectivity index (χ0) is 14.3. The molecule has 20 heavy (non-hydrogen) atoms. The van der Waals surface area contributed by atoms with Crippen LogP contribution in [0.3, 0.4) is 0 Å². The van der Waals surface area contributed by atoms with Crippen molar-refractivity contribution in [3.05, 3.63) is 41.4 Å². The van der Waals surface area contributed by atoms with Gasteiger partial charge in [0.15, 0.2) is 0 Å². The molecular weight excluding hydrogens is 278 g/mol. The number of carbonyl (C=O) groups excluding carboxylic acids is 1. The van der Waals surface area contributed by atoms with E-state index in [2.05, 4.69) is 5.32 Å². The number of benzene rings is 1. The van der Waals surface area contributed by atoms with Crippen molar-refractivity contribution in [2.24, 2.45) is 23.7 Å². The molecule has 2 N–H and O–H groups in total. The number of para-hydroxylation sites is 1. The molecule has 3 rings (SSSR count). The van der Waals surface area contributed by atoms with Gasteiger partial charge in [0.05, 0.1) is 22.5 Å². The first-order valence-corrected chi connectivity index (χ1v) is 6.92. The van der Waals surface area contributed by atoms with Crippen LogP contribution in [0.4, 0.5) is 5.69 Å². The van der Waals surface area contributed by atoms with Gasteiger partial charge in [0, 0.05) is 0 Å². The minimum Gasteiger partial charge on any atom is -0.481 e. The second kappa shape index (κ2) is 4.94. The van der Waals surface area contributed by atoms with Crippen molar-refractivity contribution < 1.29 is 14.7 Å². The van der Waals surface area contributed by atoms with Gasteiger partial charge in [-0.25, -0.2) is 0 Å². The monoisotopic (exact) mass is 291 g/mol. The van der Waals surface area contributed by atoms with Crippen LogP contribution in [-0.4, -0.2) is 17.0 Å². The molecule has 1 amide bonds. The van der Waals surface area contributed by atoms with Gasteiger partial charge in [-0.05, 0) is 30.4 Å². The van der Waals surface area contributed by atoms with E-state index in [1.54, 1.807) is 24.3 Å². The van der Waals surface area contributed by atoms with Gasteiger partial charge in [0.25, 0.3) is 0 Å². The highest BCUT2D eigenvalue weighted by Gasteiger charge is 2.51. The predicted molar refractivity (Wildman–Crippen MR) is 75.4 cm³/mol. The number of fused-ring (bicyclic) bond motifs is 2. The summed E-state index contributed by atoms with van der Waals surface area (Å²) < 4.78 is 0. The van der Waals surface area contributed by atoms with E-state index < -0.39 is 17.8 Å². The summed E-state index contributed by atoms with van der Waals surface area (Å²) in [7, 11) is 0. The highest BCUT2D eigenvalue weighted by Crippen LogP contribution is 2.48. The standard InChI is InChI=1S/C15H14ClNO3/c16-10-3-1-2-4-11(10)17-14(18)12-8-5-6-9(7-8)13(12)15(19)20/h1-6,8-9,12-13H,7H2,(H,17,18)(H,19,20)/t8-,9+,12-,13+/m1/s1. The lowest BCUT2D eigenvalue weighted by Gasteiger charge is -2.24. The average molecular weight is 292 g/mol. The van der Waals surface area contributed by atoms with Crippen LogP contribution in [0.2, 0.25) is 5.02 Å². The van der Waals surface area contributed by atoms with Crippen LogP contribution in [0.5, 0.6) is 0 Å². The van der Waals surface area contributed by atoms with Gasteiger partial charge in [0.1, 0.15) is 0 Å². The molecule has 2 bridgehead atoms. The molecule has 1 saturated carbocycles. The third-order valence-electron chi connectivity index (χ3n) is 4.18. The third kappa shape index (κ3) is 2.10. The third-order valence-corrected chi connectivity index (χ3v) is 4.51. The first kappa shape index (κ1) is 13.2. The molecule has 0 aromatic heterocycles. The topological polar surface area (TPSA) is 66.4 Å². The molecule has 0 heterocycles. The molecule has 0 unspecified atom stereocenters. The number of carboxylic acid groups (broad SMARTS) is 1. The molecule has 104 valence electrons. The number of aliphatic carboxylic acids is 1. The Balaban J connectivity index is 1.82. The fraction of sp³-hybridized carbons (Fsp3) is 0.333. The molecule has 2 aliphatic rings. The molecule has 1 aromatic carbocycles. The maximum atomic E-state index is 12.4. The Bertz CT molecular complexity index is 599. The molecule has 0 spiro atoms. The van der Waals surface area contributed by atoms with Crippen molar-refractivity contribution in [1.82, 2.24) is 0 Å². The van der Waals surface area contributed by atoms with Crippen molar-refractivity contribution in [3.8, 4) is 0 Å². The predicted octanol–water partition coefficient (Wildman–Crippen LogP) is 2.80. The molecule has 2 aliphatic carbocycles. The van der Waals surface area contributed by atoms with Gasteiger partial charge < -0.3 is 10.4 Å². The molecule has 1 fully saturated rings. The number of carboxylic acids is 1. The van der Waals surface area contributed by atoms with Crippen LogP contribution in [0.25, 0.3) is 0 Å². The Labute approximate surface area is 121 Å². The summed E-state index contributed by atoms with van der Waals surface area (Å²) in [5.41, 5.74) is 0.523. The van der Waals surface area contributed by atoms with E-state index in [9.17, 15) is 14.7 Å². The smallest absolute Gasteiger partial charge is 0.307 e. The summed E-state index contributed by atoms with van der Waals surface area (Å²) in [6.45, 7) is 0. The van der Waals surface area contributed by atoms with Gasteiger partial charge in [-0.15, -0.1) is 0 Å². The number of amides is 1. The molecular formula is C15H14ClNO3. The van der Waals surface area contributed by atoms with E-state index in [1.807, 2.05) is 12.2 Å². The highest BCUT2D eigenvalue weighted by molar-refractivity contribution is 6.33. The maximum absolute atomic E-state index is 12.4.